The molecule has 92 valence electrons. The van der Waals surface area contributed by atoms with Gasteiger partial charge in [-0.2, -0.15) is 0 Å². The first kappa shape index (κ1) is 12.0. The van der Waals surface area contributed by atoms with Gasteiger partial charge in [-0.25, -0.2) is 4.98 Å². The number of piperazine rings is 1. The van der Waals surface area contributed by atoms with Crippen molar-refractivity contribution in [3.05, 3.63) is 24.4 Å². The fourth-order valence-electron chi connectivity index (χ4n) is 1.97. The minimum absolute atomic E-state index is 0.0819. The van der Waals surface area contributed by atoms with E-state index in [1.165, 1.54) is 0 Å². The highest BCUT2D eigenvalue weighted by molar-refractivity contribution is 5.96. The molecule has 1 atom stereocenters. The second-order valence-electron chi connectivity index (χ2n) is 4.29. The first-order chi connectivity index (χ1) is 8.20. The molecule has 17 heavy (non-hydrogen) atoms. The van der Waals surface area contributed by atoms with Gasteiger partial charge in [0.1, 0.15) is 11.9 Å². The molecule has 2 rings (SSSR count). The zero-order valence-corrected chi connectivity index (χ0v) is 10.3. The standard InChI is InChI=1S/C12H18N4O/c1-15-8-7-13-9-10(15)12(17)16(2)11-5-3-4-6-14-11/h3-6,10,13H,7-9H2,1-2H3. The van der Waals surface area contributed by atoms with Gasteiger partial charge in [0.15, 0.2) is 0 Å². The Morgan fingerprint density at radius 2 is 2.41 bits per heavy atom. The molecule has 1 aromatic heterocycles. The monoisotopic (exact) mass is 234 g/mol. The van der Waals surface area contributed by atoms with E-state index in [0.29, 0.717) is 12.4 Å². The molecule has 0 aromatic carbocycles. The number of nitrogens with zero attached hydrogens (tertiary/aromatic N) is 3. The maximum atomic E-state index is 12.3. The van der Waals surface area contributed by atoms with Crippen molar-refractivity contribution in [3.8, 4) is 0 Å². The van der Waals surface area contributed by atoms with Crippen LogP contribution in [0.4, 0.5) is 5.82 Å². The van der Waals surface area contributed by atoms with Crippen molar-refractivity contribution in [1.82, 2.24) is 15.2 Å². The molecule has 1 saturated heterocycles. The third-order valence-corrected chi connectivity index (χ3v) is 3.12. The summed E-state index contributed by atoms with van der Waals surface area (Å²) < 4.78 is 0. The summed E-state index contributed by atoms with van der Waals surface area (Å²) >= 11 is 0. The number of carbonyl (C=O) groups is 1. The Labute approximate surface area is 101 Å². The lowest BCUT2D eigenvalue weighted by Crippen LogP contribution is -2.56. The maximum absolute atomic E-state index is 12.3. The van der Waals surface area contributed by atoms with Crippen LogP contribution in [-0.4, -0.2) is 55.6 Å². The quantitative estimate of drug-likeness (QED) is 0.779. The largest absolute Gasteiger partial charge is 0.313 e. The van der Waals surface area contributed by atoms with Gasteiger partial charge < -0.3 is 5.32 Å². The van der Waals surface area contributed by atoms with E-state index in [1.54, 1.807) is 18.1 Å². The molecule has 1 unspecified atom stereocenters. The van der Waals surface area contributed by atoms with Crippen LogP contribution in [-0.2, 0) is 4.79 Å². The summed E-state index contributed by atoms with van der Waals surface area (Å²) in [5.41, 5.74) is 0. The topological polar surface area (TPSA) is 48.5 Å². The fraction of sp³-hybridized carbons (Fsp3) is 0.500. The number of pyridine rings is 1. The predicted octanol–water partition coefficient (Wildman–Crippen LogP) is -0.0520. The van der Waals surface area contributed by atoms with Gasteiger partial charge >= 0.3 is 0 Å². The molecule has 1 aliphatic rings. The molecule has 1 fully saturated rings. The highest BCUT2D eigenvalue weighted by atomic mass is 16.2. The second kappa shape index (κ2) is 5.25. The molecule has 1 N–H and O–H groups in total. The van der Waals surface area contributed by atoms with Gasteiger partial charge in [-0.3, -0.25) is 14.6 Å². The van der Waals surface area contributed by atoms with Crippen molar-refractivity contribution in [3.63, 3.8) is 0 Å². The molecular weight excluding hydrogens is 216 g/mol. The number of hydrogen-bond donors (Lipinski definition) is 1. The van der Waals surface area contributed by atoms with Crippen LogP contribution < -0.4 is 10.2 Å². The Bertz CT molecular complexity index is 381. The lowest BCUT2D eigenvalue weighted by Gasteiger charge is -2.34. The van der Waals surface area contributed by atoms with Crippen molar-refractivity contribution < 1.29 is 4.79 Å². The number of hydrogen-bond acceptors (Lipinski definition) is 4. The molecule has 2 heterocycles. The number of carbonyl (C=O) groups excluding carboxylic acids is 1. The Morgan fingerprint density at radius 1 is 1.59 bits per heavy atom. The van der Waals surface area contributed by atoms with Gasteiger partial charge in [0.25, 0.3) is 0 Å². The lowest BCUT2D eigenvalue weighted by atomic mass is 10.2. The number of anilines is 1. The van der Waals surface area contributed by atoms with Crippen molar-refractivity contribution in [2.45, 2.75) is 6.04 Å². The summed E-state index contributed by atoms with van der Waals surface area (Å²) in [4.78, 5) is 20.2. The van der Waals surface area contributed by atoms with Crippen LogP contribution in [0.5, 0.6) is 0 Å². The van der Waals surface area contributed by atoms with E-state index in [-0.39, 0.29) is 11.9 Å². The van der Waals surface area contributed by atoms with E-state index in [4.69, 9.17) is 0 Å². The van der Waals surface area contributed by atoms with Gasteiger partial charge in [-0.05, 0) is 19.2 Å². The summed E-state index contributed by atoms with van der Waals surface area (Å²) in [7, 11) is 3.75. The van der Waals surface area contributed by atoms with Crippen molar-refractivity contribution in [2.24, 2.45) is 0 Å². The van der Waals surface area contributed by atoms with Crippen LogP contribution in [0.3, 0.4) is 0 Å². The Kier molecular flexibility index (Phi) is 3.71. The van der Waals surface area contributed by atoms with Crippen LogP contribution >= 0.6 is 0 Å². The van der Waals surface area contributed by atoms with E-state index in [9.17, 15) is 4.79 Å². The third-order valence-electron chi connectivity index (χ3n) is 3.12. The lowest BCUT2D eigenvalue weighted by molar-refractivity contribution is -0.123. The van der Waals surface area contributed by atoms with Gasteiger partial charge in [0, 0.05) is 32.9 Å². The number of likely N-dealkylation sites (N-methyl/N-ethyl adjacent to an activating group) is 2. The zero-order valence-electron chi connectivity index (χ0n) is 10.3. The molecule has 5 heteroatoms. The molecule has 1 amide bonds. The van der Waals surface area contributed by atoms with Gasteiger partial charge in [-0.1, -0.05) is 6.07 Å². The van der Waals surface area contributed by atoms with Crippen LogP contribution in [0, 0.1) is 0 Å². The van der Waals surface area contributed by atoms with Gasteiger partial charge in [0.2, 0.25) is 5.91 Å². The summed E-state index contributed by atoms with van der Waals surface area (Å²) in [5.74, 6) is 0.773. The van der Waals surface area contributed by atoms with E-state index in [0.717, 1.165) is 13.1 Å². The SMILES string of the molecule is CN(C(=O)C1CNCCN1C)c1ccccn1. The predicted molar refractivity (Wildman–Crippen MR) is 66.9 cm³/mol. The van der Waals surface area contributed by atoms with E-state index in [1.807, 2.05) is 25.2 Å². The molecule has 1 aliphatic heterocycles. The second-order valence-corrected chi connectivity index (χ2v) is 4.29. The molecular formula is C12H18N4O. The van der Waals surface area contributed by atoms with Crippen molar-refractivity contribution >= 4 is 11.7 Å². The minimum Gasteiger partial charge on any atom is -0.313 e. The smallest absolute Gasteiger partial charge is 0.246 e. The molecule has 0 saturated carbocycles. The average Bonchev–Trinajstić information content (AvgIpc) is 2.39. The van der Waals surface area contributed by atoms with E-state index in [2.05, 4.69) is 15.2 Å². The average molecular weight is 234 g/mol. The van der Waals surface area contributed by atoms with Crippen LogP contribution in [0.15, 0.2) is 24.4 Å². The van der Waals surface area contributed by atoms with E-state index < -0.39 is 0 Å². The van der Waals surface area contributed by atoms with Crippen LogP contribution in [0.2, 0.25) is 0 Å². The highest BCUT2D eigenvalue weighted by Crippen LogP contribution is 2.11. The highest BCUT2D eigenvalue weighted by Gasteiger charge is 2.28. The molecule has 1 aromatic rings. The number of rotatable bonds is 2. The fourth-order valence-corrected chi connectivity index (χ4v) is 1.97. The normalized spacial score (nSPS) is 21.2. The third kappa shape index (κ3) is 2.62. The molecule has 0 bridgehead atoms. The Hall–Kier alpha value is -1.46. The molecule has 0 aliphatic carbocycles. The van der Waals surface area contributed by atoms with Crippen LogP contribution in [0.1, 0.15) is 0 Å². The zero-order chi connectivity index (χ0) is 12.3. The maximum Gasteiger partial charge on any atom is 0.246 e. The summed E-state index contributed by atoms with van der Waals surface area (Å²) in [6.07, 6.45) is 1.70. The van der Waals surface area contributed by atoms with Gasteiger partial charge in [0.05, 0.1) is 0 Å². The van der Waals surface area contributed by atoms with E-state index >= 15 is 0 Å². The summed E-state index contributed by atoms with van der Waals surface area (Å²) in [5, 5.41) is 3.24. The molecule has 0 radical (unpaired) electrons. The number of amides is 1. The van der Waals surface area contributed by atoms with Crippen LogP contribution in [0.25, 0.3) is 0 Å². The first-order valence-electron chi connectivity index (χ1n) is 5.79. The minimum atomic E-state index is -0.101. The molecule has 0 spiro atoms. The van der Waals surface area contributed by atoms with Gasteiger partial charge in [-0.15, -0.1) is 0 Å². The van der Waals surface area contributed by atoms with Crippen molar-refractivity contribution in [1.29, 1.82) is 0 Å². The number of aromatic nitrogens is 1. The Balaban J connectivity index is 2.09. The summed E-state index contributed by atoms with van der Waals surface area (Å²) in [6.45, 7) is 2.53. The summed E-state index contributed by atoms with van der Waals surface area (Å²) in [6, 6.07) is 5.47. The van der Waals surface area contributed by atoms with Crippen molar-refractivity contribution in [2.75, 3.05) is 38.6 Å². The first-order valence-corrected chi connectivity index (χ1v) is 5.79. The number of nitrogens with one attached hydrogen (secondary N) is 1. The molecule has 5 nitrogen and oxygen atoms in total. The Morgan fingerprint density at radius 3 is 3.06 bits per heavy atom.